The van der Waals surface area contributed by atoms with Crippen molar-refractivity contribution in [3.8, 4) is 11.5 Å². The number of amides is 1. The number of nitrogens with zero attached hydrogens (tertiary/aromatic N) is 1. The van der Waals surface area contributed by atoms with E-state index in [2.05, 4.69) is 0 Å². The van der Waals surface area contributed by atoms with Crippen molar-refractivity contribution in [3.05, 3.63) is 23.8 Å². The number of rotatable bonds is 5. The van der Waals surface area contributed by atoms with E-state index in [1.807, 2.05) is 0 Å². The van der Waals surface area contributed by atoms with Gasteiger partial charge in [-0.25, -0.2) is 0 Å². The summed E-state index contributed by atoms with van der Waals surface area (Å²) in [6.45, 7) is 1.50. The molecule has 1 aromatic carbocycles. The maximum atomic E-state index is 12.6. The monoisotopic (exact) mass is 337 g/mol. The quantitative estimate of drug-likeness (QED) is 0.732. The zero-order valence-electron chi connectivity index (χ0n) is 13.5. The van der Waals surface area contributed by atoms with Crippen molar-refractivity contribution >= 4 is 5.91 Å². The summed E-state index contributed by atoms with van der Waals surface area (Å²) in [7, 11) is 0. The maximum absolute atomic E-state index is 12.6. The van der Waals surface area contributed by atoms with E-state index in [4.69, 9.17) is 9.47 Å². The lowest BCUT2D eigenvalue weighted by atomic mass is 10.1. The van der Waals surface area contributed by atoms with E-state index in [0.29, 0.717) is 25.7 Å². The van der Waals surface area contributed by atoms with Gasteiger partial charge in [0.05, 0.1) is 31.9 Å². The SMILES string of the molecule is O=C(c1ccc(O)cc1O)N1CCOCC(O)(COCC2CC2)C1. The van der Waals surface area contributed by atoms with Crippen LogP contribution < -0.4 is 0 Å². The molecule has 1 saturated heterocycles. The fraction of sp³-hybridized carbons (Fsp3) is 0.588. The third-order valence-corrected chi connectivity index (χ3v) is 4.28. The fourth-order valence-corrected chi connectivity index (χ4v) is 2.75. The smallest absolute Gasteiger partial charge is 0.257 e. The fourth-order valence-electron chi connectivity index (χ4n) is 2.75. The molecule has 0 aromatic heterocycles. The highest BCUT2D eigenvalue weighted by atomic mass is 16.5. The van der Waals surface area contributed by atoms with Crippen LogP contribution in [0.25, 0.3) is 0 Å². The molecule has 1 saturated carbocycles. The van der Waals surface area contributed by atoms with Crippen LogP contribution in [-0.4, -0.2) is 71.2 Å². The molecule has 1 aromatic rings. The van der Waals surface area contributed by atoms with Crippen molar-refractivity contribution < 1.29 is 29.6 Å². The van der Waals surface area contributed by atoms with Crippen LogP contribution in [0, 0.1) is 5.92 Å². The van der Waals surface area contributed by atoms with Gasteiger partial charge in [0.15, 0.2) is 0 Å². The van der Waals surface area contributed by atoms with Gasteiger partial charge in [-0.15, -0.1) is 0 Å². The highest BCUT2D eigenvalue weighted by Gasteiger charge is 2.36. The molecule has 2 aliphatic rings. The molecule has 1 atom stereocenters. The minimum Gasteiger partial charge on any atom is -0.508 e. The van der Waals surface area contributed by atoms with Gasteiger partial charge in [-0.3, -0.25) is 4.79 Å². The van der Waals surface area contributed by atoms with Crippen LogP contribution in [-0.2, 0) is 9.47 Å². The first-order valence-corrected chi connectivity index (χ1v) is 8.16. The Kier molecular flexibility index (Phi) is 4.93. The summed E-state index contributed by atoms with van der Waals surface area (Å²) in [5.74, 6) is -0.238. The van der Waals surface area contributed by atoms with Crippen LogP contribution in [0.4, 0.5) is 0 Å². The van der Waals surface area contributed by atoms with Crippen molar-refractivity contribution in [1.29, 1.82) is 0 Å². The van der Waals surface area contributed by atoms with E-state index >= 15 is 0 Å². The highest BCUT2D eigenvalue weighted by Crippen LogP contribution is 2.29. The third kappa shape index (κ3) is 4.17. The second-order valence-corrected chi connectivity index (χ2v) is 6.66. The number of aliphatic hydroxyl groups is 1. The molecule has 24 heavy (non-hydrogen) atoms. The van der Waals surface area contributed by atoms with Gasteiger partial charge in [-0.05, 0) is 30.9 Å². The summed E-state index contributed by atoms with van der Waals surface area (Å²) in [4.78, 5) is 14.1. The van der Waals surface area contributed by atoms with Crippen molar-refractivity contribution in [2.75, 3.05) is 39.5 Å². The summed E-state index contributed by atoms with van der Waals surface area (Å²) < 4.78 is 11.0. The Hall–Kier alpha value is -1.83. The Morgan fingerprint density at radius 2 is 2.17 bits per heavy atom. The van der Waals surface area contributed by atoms with Crippen LogP contribution in [0.15, 0.2) is 18.2 Å². The predicted octanol–water partition coefficient (Wildman–Crippen LogP) is 0.728. The van der Waals surface area contributed by atoms with Crippen LogP contribution in [0.3, 0.4) is 0 Å². The Morgan fingerprint density at radius 3 is 2.88 bits per heavy atom. The minimum absolute atomic E-state index is 0.0663. The van der Waals surface area contributed by atoms with Crippen molar-refractivity contribution in [3.63, 3.8) is 0 Å². The summed E-state index contributed by atoms with van der Waals surface area (Å²) >= 11 is 0. The zero-order chi connectivity index (χ0) is 17.2. The molecule has 0 spiro atoms. The number of benzene rings is 1. The average molecular weight is 337 g/mol. The van der Waals surface area contributed by atoms with E-state index in [1.54, 1.807) is 0 Å². The molecule has 1 aliphatic heterocycles. The molecular formula is C17H23NO6. The number of phenols is 2. The molecule has 132 valence electrons. The van der Waals surface area contributed by atoms with Crippen molar-refractivity contribution in [2.45, 2.75) is 18.4 Å². The van der Waals surface area contributed by atoms with Gasteiger partial charge < -0.3 is 29.7 Å². The maximum Gasteiger partial charge on any atom is 0.257 e. The Balaban J connectivity index is 1.67. The van der Waals surface area contributed by atoms with Gasteiger partial charge >= 0.3 is 0 Å². The lowest BCUT2D eigenvalue weighted by Gasteiger charge is -2.30. The number of carbonyl (C=O) groups excluding carboxylic acids is 1. The zero-order valence-corrected chi connectivity index (χ0v) is 13.5. The summed E-state index contributed by atoms with van der Waals surface area (Å²) in [5.41, 5.74) is -1.19. The molecule has 3 rings (SSSR count). The molecule has 0 radical (unpaired) electrons. The molecule has 1 amide bonds. The van der Waals surface area contributed by atoms with Crippen LogP contribution >= 0.6 is 0 Å². The second kappa shape index (κ2) is 6.96. The number of ether oxygens (including phenoxy) is 2. The molecule has 1 heterocycles. The van der Waals surface area contributed by atoms with Gasteiger partial charge in [-0.1, -0.05) is 0 Å². The molecule has 7 nitrogen and oxygen atoms in total. The first-order valence-electron chi connectivity index (χ1n) is 8.16. The largest absolute Gasteiger partial charge is 0.508 e. The number of carbonyl (C=O) groups is 1. The second-order valence-electron chi connectivity index (χ2n) is 6.66. The Labute approximate surface area is 140 Å². The lowest BCUT2D eigenvalue weighted by Crippen LogP contribution is -2.49. The first kappa shape index (κ1) is 17.0. The van der Waals surface area contributed by atoms with E-state index < -0.39 is 11.5 Å². The lowest BCUT2D eigenvalue weighted by molar-refractivity contribution is -0.0896. The van der Waals surface area contributed by atoms with Crippen molar-refractivity contribution in [2.24, 2.45) is 5.92 Å². The Morgan fingerprint density at radius 1 is 1.38 bits per heavy atom. The standard InChI is InChI=1S/C17H23NO6/c19-13-3-4-14(15(20)7-13)16(21)18-5-6-23-10-17(22,9-18)11-24-8-12-1-2-12/h3-4,7,12,19-20,22H,1-2,5-6,8-11H2. The molecular weight excluding hydrogens is 314 g/mol. The van der Waals surface area contributed by atoms with Crippen molar-refractivity contribution in [1.82, 2.24) is 4.90 Å². The normalized spacial score (nSPS) is 24.6. The number of phenolic OH excluding ortho intramolecular Hbond substituents is 2. The van der Waals surface area contributed by atoms with Crippen LogP contribution in [0.5, 0.6) is 11.5 Å². The molecule has 0 bridgehead atoms. The van der Waals surface area contributed by atoms with E-state index in [1.165, 1.54) is 29.9 Å². The number of hydrogen-bond donors (Lipinski definition) is 3. The summed E-state index contributed by atoms with van der Waals surface area (Å²) in [6.07, 6.45) is 2.33. The van der Waals surface area contributed by atoms with Crippen LogP contribution in [0.2, 0.25) is 0 Å². The van der Waals surface area contributed by atoms with Gasteiger partial charge in [-0.2, -0.15) is 0 Å². The first-order chi connectivity index (χ1) is 11.5. The highest BCUT2D eigenvalue weighted by molar-refractivity contribution is 5.97. The van der Waals surface area contributed by atoms with E-state index in [-0.39, 0.29) is 36.8 Å². The molecule has 1 unspecified atom stereocenters. The van der Waals surface area contributed by atoms with Gasteiger partial charge in [0.2, 0.25) is 0 Å². The molecule has 2 fully saturated rings. The van der Waals surface area contributed by atoms with Gasteiger partial charge in [0.1, 0.15) is 17.1 Å². The molecule has 7 heteroatoms. The number of hydrogen-bond acceptors (Lipinski definition) is 6. The van der Waals surface area contributed by atoms with E-state index in [0.717, 1.165) is 6.07 Å². The molecule has 1 aliphatic carbocycles. The van der Waals surface area contributed by atoms with Gasteiger partial charge in [0.25, 0.3) is 5.91 Å². The topological polar surface area (TPSA) is 99.5 Å². The summed E-state index contributed by atoms with van der Waals surface area (Å²) in [6, 6.07) is 3.82. The Bertz CT molecular complexity index is 603. The summed E-state index contributed by atoms with van der Waals surface area (Å²) in [5, 5.41) is 29.9. The van der Waals surface area contributed by atoms with Crippen LogP contribution in [0.1, 0.15) is 23.2 Å². The number of β-amino-alcohol motifs (C(OH)–C–C–N with tert-alkyl or cyclic N) is 1. The molecule has 3 N–H and O–H groups in total. The third-order valence-electron chi connectivity index (χ3n) is 4.28. The van der Waals surface area contributed by atoms with Gasteiger partial charge in [0, 0.05) is 19.2 Å². The minimum atomic E-state index is -1.27. The average Bonchev–Trinajstić information content (AvgIpc) is 3.35. The number of aromatic hydroxyl groups is 2. The predicted molar refractivity (Wildman–Crippen MR) is 85.0 cm³/mol. The van der Waals surface area contributed by atoms with E-state index in [9.17, 15) is 20.1 Å².